The van der Waals surface area contributed by atoms with Crippen LogP contribution in [-0.2, 0) is 4.79 Å². The Morgan fingerprint density at radius 2 is 1.83 bits per heavy atom. The van der Waals surface area contributed by atoms with Gasteiger partial charge in [0.05, 0.1) is 0 Å². The number of thioether (sulfide) groups is 1. The minimum Gasteiger partial charge on any atom is -0.508 e. The third kappa shape index (κ3) is 6.30. The fourth-order valence-electron chi connectivity index (χ4n) is 1.25. The van der Waals surface area contributed by atoms with Gasteiger partial charge in [0, 0.05) is 10.8 Å². The van der Waals surface area contributed by atoms with E-state index in [1.807, 2.05) is 51.1 Å². The first-order valence-electron chi connectivity index (χ1n) is 5.73. The van der Waals surface area contributed by atoms with Crippen molar-refractivity contribution in [2.24, 2.45) is 0 Å². The second-order valence-electron chi connectivity index (χ2n) is 4.85. The lowest BCUT2D eigenvalue weighted by Crippen LogP contribution is -2.10. The van der Waals surface area contributed by atoms with Gasteiger partial charge in [-0.1, -0.05) is 68.9 Å². The van der Waals surface area contributed by atoms with E-state index in [2.05, 4.69) is 0 Å². The Morgan fingerprint density at radius 1 is 1.22 bits per heavy atom. The highest BCUT2D eigenvalue weighted by atomic mass is 32.2. The van der Waals surface area contributed by atoms with Crippen molar-refractivity contribution >= 4 is 23.0 Å². The van der Waals surface area contributed by atoms with Gasteiger partial charge in [-0.25, -0.2) is 0 Å². The molecule has 1 aromatic rings. The van der Waals surface area contributed by atoms with E-state index in [1.165, 1.54) is 23.9 Å². The number of allylic oxidation sites excluding steroid dienone is 1. The smallest absolute Gasteiger partial charge is 0.216 e. The van der Waals surface area contributed by atoms with Gasteiger partial charge in [-0.15, -0.1) is 0 Å². The summed E-state index contributed by atoms with van der Waals surface area (Å²) >= 11 is 1.20. The molecule has 1 rings (SSSR count). The summed E-state index contributed by atoms with van der Waals surface area (Å²) in [7, 11) is 0. The van der Waals surface area contributed by atoms with Gasteiger partial charge in [0.1, 0.15) is 5.76 Å². The molecule has 0 aliphatic heterocycles. The molecular formula is C15H18O2S. The Hall–Kier alpha value is -1.48. The zero-order chi connectivity index (χ0) is 13.6. The number of hydrogen-bond donors (Lipinski definition) is 1. The predicted molar refractivity (Wildman–Crippen MR) is 78.5 cm³/mol. The average Bonchev–Trinajstić information content (AvgIpc) is 2.25. The topological polar surface area (TPSA) is 37.3 Å². The lowest BCUT2D eigenvalue weighted by atomic mass is 10.2. The second-order valence-corrected chi connectivity index (χ2v) is 6.68. The maximum atomic E-state index is 11.6. The van der Waals surface area contributed by atoms with Crippen LogP contribution in [0.15, 0.2) is 48.2 Å². The summed E-state index contributed by atoms with van der Waals surface area (Å²) in [6.45, 7) is 5.88. The third-order valence-corrected chi connectivity index (χ3v) is 2.85. The first-order valence-corrected chi connectivity index (χ1v) is 6.55. The van der Waals surface area contributed by atoms with Crippen LogP contribution >= 0.6 is 11.8 Å². The van der Waals surface area contributed by atoms with Gasteiger partial charge in [0.25, 0.3) is 0 Å². The van der Waals surface area contributed by atoms with Gasteiger partial charge in [0.2, 0.25) is 5.12 Å². The van der Waals surface area contributed by atoms with Crippen LogP contribution in [0.1, 0.15) is 26.3 Å². The predicted octanol–water partition coefficient (Wildman–Crippen LogP) is 4.20. The molecule has 0 saturated carbocycles. The molecule has 96 valence electrons. The number of aliphatic hydroxyl groups is 1. The molecule has 0 aromatic heterocycles. The maximum Gasteiger partial charge on any atom is 0.216 e. The van der Waals surface area contributed by atoms with E-state index in [-0.39, 0.29) is 15.6 Å². The molecule has 2 nitrogen and oxygen atoms in total. The monoisotopic (exact) mass is 262 g/mol. The Morgan fingerprint density at radius 3 is 2.39 bits per heavy atom. The van der Waals surface area contributed by atoms with E-state index >= 15 is 0 Å². The molecule has 0 radical (unpaired) electrons. The van der Waals surface area contributed by atoms with Gasteiger partial charge in [-0.05, 0) is 11.6 Å². The van der Waals surface area contributed by atoms with Crippen molar-refractivity contribution in [3.63, 3.8) is 0 Å². The summed E-state index contributed by atoms with van der Waals surface area (Å²) in [5.41, 5.74) is 0.980. The highest BCUT2D eigenvalue weighted by molar-refractivity contribution is 8.15. The number of rotatable bonds is 3. The van der Waals surface area contributed by atoms with Gasteiger partial charge in [-0.3, -0.25) is 4.79 Å². The van der Waals surface area contributed by atoms with Crippen LogP contribution in [0.3, 0.4) is 0 Å². The van der Waals surface area contributed by atoms with E-state index in [0.717, 1.165) is 5.56 Å². The third-order valence-electron chi connectivity index (χ3n) is 1.92. The van der Waals surface area contributed by atoms with Gasteiger partial charge < -0.3 is 5.11 Å². The van der Waals surface area contributed by atoms with Crippen molar-refractivity contribution in [2.45, 2.75) is 25.5 Å². The largest absolute Gasteiger partial charge is 0.508 e. The van der Waals surface area contributed by atoms with E-state index in [0.29, 0.717) is 0 Å². The minimum absolute atomic E-state index is 0.0272. The Balaban J connectivity index is 2.63. The minimum atomic E-state index is -0.142. The highest BCUT2D eigenvalue weighted by Crippen LogP contribution is 2.24. The van der Waals surface area contributed by atoms with Crippen molar-refractivity contribution < 1.29 is 9.90 Å². The normalized spacial score (nSPS) is 12.9. The first kappa shape index (κ1) is 14.6. The summed E-state index contributed by atoms with van der Waals surface area (Å²) < 4.78 is -0.142. The number of carbonyl (C=O) groups excluding carboxylic acids is 1. The SMILES string of the molecule is CC(C)(C)SC(=O)/C=C(O)/C=C/c1ccccc1. The first-order chi connectivity index (χ1) is 8.37. The molecule has 0 saturated heterocycles. The van der Waals surface area contributed by atoms with E-state index < -0.39 is 0 Å². The summed E-state index contributed by atoms with van der Waals surface area (Å²) in [4.78, 5) is 11.6. The van der Waals surface area contributed by atoms with E-state index in [9.17, 15) is 9.90 Å². The lowest BCUT2D eigenvalue weighted by Gasteiger charge is -2.14. The number of hydrogen-bond acceptors (Lipinski definition) is 3. The number of aliphatic hydroxyl groups excluding tert-OH is 1. The fraction of sp³-hybridized carbons (Fsp3) is 0.267. The molecule has 0 aliphatic carbocycles. The summed E-state index contributed by atoms with van der Waals surface area (Å²) in [5.74, 6) is -0.0272. The average molecular weight is 262 g/mol. The Bertz CT molecular complexity index is 453. The van der Waals surface area contributed by atoms with Crippen LogP contribution in [0.2, 0.25) is 0 Å². The van der Waals surface area contributed by atoms with Gasteiger partial charge >= 0.3 is 0 Å². The second kappa shape index (κ2) is 6.45. The molecule has 18 heavy (non-hydrogen) atoms. The summed E-state index contributed by atoms with van der Waals surface area (Å²) in [5, 5.41) is 9.48. The van der Waals surface area contributed by atoms with E-state index in [1.54, 1.807) is 6.08 Å². The van der Waals surface area contributed by atoms with Crippen LogP contribution in [0, 0.1) is 0 Å². The van der Waals surface area contributed by atoms with Crippen LogP contribution in [-0.4, -0.2) is 15.0 Å². The summed E-state index contributed by atoms with van der Waals surface area (Å²) in [6.07, 6.45) is 4.53. The fourth-order valence-corrected chi connectivity index (χ4v) is 2.03. The molecule has 0 fully saturated rings. The standard InChI is InChI=1S/C15H18O2S/c1-15(2,3)18-14(17)11-13(16)10-9-12-7-5-4-6-8-12/h4-11,16H,1-3H3/b10-9+,13-11-. The van der Waals surface area contributed by atoms with Gasteiger partial charge in [0.15, 0.2) is 0 Å². The van der Waals surface area contributed by atoms with Crippen molar-refractivity contribution in [1.82, 2.24) is 0 Å². The summed E-state index contributed by atoms with van der Waals surface area (Å²) in [6, 6.07) is 9.61. The van der Waals surface area contributed by atoms with Crippen molar-refractivity contribution in [3.05, 3.63) is 53.8 Å². The molecule has 1 N–H and O–H groups in total. The quantitative estimate of drug-likeness (QED) is 0.504. The Kier molecular flexibility index (Phi) is 5.23. The molecule has 0 unspecified atom stereocenters. The molecule has 0 amide bonds. The molecule has 0 spiro atoms. The van der Waals surface area contributed by atoms with Gasteiger partial charge in [-0.2, -0.15) is 0 Å². The van der Waals surface area contributed by atoms with Crippen LogP contribution in [0.25, 0.3) is 6.08 Å². The zero-order valence-electron chi connectivity index (χ0n) is 10.9. The molecular weight excluding hydrogens is 244 g/mol. The van der Waals surface area contributed by atoms with Crippen LogP contribution < -0.4 is 0 Å². The van der Waals surface area contributed by atoms with Crippen LogP contribution in [0.4, 0.5) is 0 Å². The van der Waals surface area contributed by atoms with Crippen molar-refractivity contribution in [3.8, 4) is 0 Å². The molecule has 0 heterocycles. The molecule has 0 bridgehead atoms. The van der Waals surface area contributed by atoms with Crippen molar-refractivity contribution in [2.75, 3.05) is 0 Å². The lowest BCUT2D eigenvalue weighted by molar-refractivity contribution is -0.107. The molecule has 3 heteroatoms. The highest BCUT2D eigenvalue weighted by Gasteiger charge is 2.15. The molecule has 1 aromatic carbocycles. The zero-order valence-corrected chi connectivity index (χ0v) is 11.7. The molecule has 0 aliphatic rings. The van der Waals surface area contributed by atoms with E-state index in [4.69, 9.17) is 0 Å². The maximum absolute atomic E-state index is 11.6. The number of benzene rings is 1. The number of carbonyl (C=O) groups is 1. The van der Waals surface area contributed by atoms with Crippen LogP contribution in [0.5, 0.6) is 0 Å². The van der Waals surface area contributed by atoms with Crippen molar-refractivity contribution in [1.29, 1.82) is 0 Å². The molecule has 0 atom stereocenters. The Labute approximate surface area is 112 Å².